The van der Waals surface area contributed by atoms with Crippen LogP contribution in [0.25, 0.3) is 0 Å². The fraction of sp³-hybridized carbons (Fsp3) is 0.211. The quantitative estimate of drug-likeness (QED) is 0.791. The Bertz CT molecular complexity index is 679. The molecule has 1 aliphatic rings. The molecular weight excluding hydrogens is 260 g/mol. The van der Waals surface area contributed by atoms with Gasteiger partial charge in [-0.25, -0.2) is 4.79 Å². The summed E-state index contributed by atoms with van der Waals surface area (Å²) in [4.78, 5) is 12.0. The normalized spacial score (nSPS) is 17.5. The maximum Gasteiger partial charge on any atom is 0.335 e. The molecule has 1 aliphatic heterocycles. The van der Waals surface area contributed by atoms with Gasteiger partial charge in [0.2, 0.25) is 0 Å². The van der Waals surface area contributed by atoms with Crippen LogP contribution in [0.2, 0.25) is 0 Å². The lowest BCUT2D eigenvalue weighted by Gasteiger charge is -2.08. The van der Waals surface area contributed by atoms with E-state index in [2.05, 4.69) is 31.2 Å². The molecule has 0 amide bonds. The topological polar surface area (TPSA) is 26.3 Å². The Morgan fingerprint density at radius 2 is 1.48 bits per heavy atom. The van der Waals surface area contributed by atoms with Gasteiger partial charge in [0, 0.05) is 12.0 Å². The van der Waals surface area contributed by atoms with Crippen molar-refractivity contribution in [3.63, 3.8) is 0 Å². The summed E-state index contributed by atoms with van der Waals surface area (Å²) in [5, 5.41) is 0. The van der Waals surface area contributed by atoms with E-state index >= 15 is 0 Å². The van der Waals surface area contributed by atoms with Crippen molar-refractivity contribution in [2.45, 2.75) is 26.4 Å². The van der Waals surface area contributed by atoms with Crippen LogP contribution in [-0.4, -0.2) is 5.97 Å². The van der Waals surface area contributed by atoms with Crippen LogP contribution in [0, 0.1) is 13.8 Å². The number of hydrogen-bond acceptors (Lipinski definition) is 2. The van der Waals surface area contributed by atoms with E-state index in [4.69, 9.17) is 4.74 Å². The fourth-order valence-corrected chi connectivity index (χ4v) is 2.45. The first-order chi connectivity index (χ1) is 10.1. The van der Waals surface area contributed by atoms with Gasteiger partial charge in [-0.1, -0.05) is 59.7 Å². The van der Waals surface area contributed by atoms with Gasteiger partial charge in [0.1, 0.15) is 6.10 Å². The van der Waals surface area contributed by atoms with Crippen molar-refractivity contribution < 1.29 is 9.53 Å². The average Bonchev–Trinajstić information content (AvgIpc) is 2.83. The van der Waals surface area contributed by atoms with Gasteiger partial charge in [0.25, 0.3) is 0 Å². The molecule has 2 aromatic rings. The van der Waals surface area contributed by atoms with Crippen LogP contribution in [0.4, 0.5) is 0 Å². The number of carbonyl (C=O) groups excluding carboxylic acids is 1. The third kappa shape index (κ3) is 3.05. The first-order valence-electron chi connectivity index (χ1n) is 7.15. The van der Waals surface area contributed by atoms with E-state index in [9.17, 15) is 4.79 Å². The zero-order valence-electron chi connectivity index (χ0n) is 12.3. The van der Waals surface area contributed by atoms with E-state index in [1.807, 2.05) is 37.3 Å². The molecule has 0 fully saturated rings. The van der Waals surface area contributed by atoms with E-state index in [0.29, 0.717) is 6.42 Å². The smallest absolute Gasteiger partial charge is 0.335 e. The number of rotatable bonds is 3. The molecule has 2 nitrogen and oxygen atoms in total. The van der Waals surface area contributed by atoms with Gasteiger partial charge >= 0.3 is 5.97 Å². The van der Waals surface area contributed by atoms with Crippen molar-refractivity contribution in [1.82, 2.24) is 0 Å². The van der Waals surface area contributed by atoms with Crippen LogP contribution in [0.1, 0.15) is 28.4 Å². The van der Waals surface area contributed by atoms with Gasteiger partial charge < -0.3 is 4.74 Å². The molecule has 21 heavy (non-hydrogen) atoms. The summed E-state index contributed by atoms with van der Waals surface area (Å²) in [5.41, 5.74) is 5.32. The van der Waals surface area contributed by atoms with Crippen LogP contribution in [-0.2, 0) is 16.0 Å². The minimum Gasteiger partial charge on any atom is -0.450 e. The van der Waals surface area contributed by atoms with Crippen molar-refractivity contribution in [1.29, 1.82) is 0 Å². The molecule has 0 radical (unpaired) electrons. The molecule has 0 bridgehead atoms. The van der Waals surface area contributed by atoms with Crippen molar-refractivity contribution in [2.75, 3.05) is 0 Å². The van der Waals surface area contributed by atoms with Crippen LogP contribution >= 0.6 is 0 Å². The summed E-state index contributed by atoms with van der Waals surface area (Å²) in [5.74, 6) is -0.207. The number of benzene rings is 2. The zero-order chi connectivity index (χ0) is 14.8. The number of hydrogen-bond donors (Lipinski definition) is 0. The van der Waals surface area contributed by atoms with Crippen molar-refractivity contribution in [3.05, 3.63) is 82.4 Å². The number of esters is 1. The lowest BCUT2D eigenvalue weighted by atomic mass is 10.0. The molecule has 1 heterocycles. The average molecular weight is 278 g/mol. The SMILES string of the molecule is Cc1ccc(CC2=CC(c3ccc(C)cc3)OC2=O)cc1. The largest absolute Gasteiger partial charge is 0.450 e. The molecular formula is C19H18O2. The molecule has 0 aromatic heterocycles. The molecule has 3 rings (SSSR count). The zero-order valence-corrected chi connectivity index (χ0v) is 12.3. The highest BCUT2D eigenvalue weighted by atomic mass is 16.5. The summed E-state index contributed by atoms with van der Waals surface area (Å²) in [6.45, 7) is 4.10. The maximum absolute atomic E-state index is 12.0. The van der Waals surface area contributed by atoms with Crippen LogP contribution in [0.3, 0.4) is 0 Å². The van der Waals surface area contributed by atoms with E-state index in [-0.39, 0.29) is 12.1 Å². The first-order valence-corrected chi connectivity index (χ1v) is 7.15. The van der Waals surface area contributed by atoms with Crippen molar-refractivity contribution in [2.24, 2.45) is 0 Å². The number of aryl methyl sites for hydroxylation is 2. The second-order valence-electron chi connectivity index (χ2n) is 5.59. The third-order valence-electron chi connectivity index (χ3n) is 3.77. The summed E-state index contributed by atoms with van der Waals surface area (Å²) < 4.78 is 5.46. The Labute approximate surface area is 125 Å². The van der Waals surface area contributed by atoms with E-state index in [0.717, 1.165) is 16.7 Å². The summed E-state index contributed by atoms with van der Waals surface area (Å²) >= 11 is 0. The second-order valence-corrected chi connectivity index (χ2v) is 5.59. The lowest BCUT2D eigenvalue weighted by Crippen LogP contribution is -2.04. The molecule has 1 atom stereocenters. The Morgan fingerprint density at radius 1 is 0.905 bits per heavy atom. The fourth-order valence-electron chi connectivity index (χ4n) is 2.45. The van der Waals surface area contributed by atoms with Gasteiger partial charge in [0.15, 0.2) is 0 Å². The van der Waals surface area contributed by atoms with Crippen LogP contribution in [0.15, 0.2) is 60.2 Å². The molecule has 106 valence electrons. The highest BCUT2D eigenvalue weighted by molar-refractivity contribution is 5.91. The Balaban J connectivity index is 1.79. The molecule has 0 saturated heterocycles. The van der Waals surface area contributed by atoms with Crippen LogP contribution in [0.5, 0.6) is 0 Å². The molecule has 0 spiro atoms. The highest BCUT2D eigenvalue weighted by Gasteiger charge is 2.26. The van der Waals surface area contributed by atoms with Crippen molar-refractivity contribution in [3.8, 4) is 0 Å². The summed E-state index contributed by atoms with van der Waals surface area (Å²) in [7, 11) is 0. The van der Waals surface area contributed by atoms with Crippen molar-refractivity contribution >= 4 is 5.97 Å². The highest BCUT2D eigenvalue weighted by Crippen LogP contribution is 2.29. The van der Waals surface area contributed by atoms with Gasteiger partial charge in [-0.2, -0.15) is 0 Å². The molecule has 0 N–H and O–H groups in total. The van der Waals surface area contributed by atoms with Gasteiger partial charge in [-0.15, -0.1) is 0 Å². The summed E-state index contributed by atoms with van der Waals surface area (Å²) in [6, 6.07) is 16.3. The van der Waals surface area contributed by atoms with E-state index < -0.39 is 0 Å². The van der Waals surface area contributed by atoms with Gasteiger partial charge in [-0.3, -0.25) is 0 Å². The number of ether oxygens (including phenoxy) is 1. The molecule has 0 saturated carbocycles. The molecule has 2 heteroatoms. The second kappa shape index (κ2) is 5.57. The Morgan fingerprint density at radius 3 is 2.10 bits per heavy atom. The number of carbonyl (C=O) groups is 1. The monoisotopic (exact) mass is 278 g/mol. The third-order valence-corrected chi connectivity index (χ3v) is 3.77. The first kappa shape index (κ1) is 13.6. The Kier molecular flexibility index (Phi) is 3.61. The van der Waals surface area contributed by atoms with E-state index in [1.54, 1.807) is 0 Å². The number of cyclic esters (lactones) is 1. The summed E-state index contributed by atoms with van der Waals surface area (Å²) in [6.07, 6.45) is 2.31. The van der Waals surface area contributed by atoms with E-state index in [1.165, 1.54) is 11.1 Å². The standard InChI is InChI=1S/C19H18O2/c1-13-3-7-15(8-4-13)11-17-12-18(21-19(17)20)16-9-5-14(2)6-10-16/h3-10,12,18H,11H2,1-2H3. The predicted molar refractivity (Wildman–Crippen MR) is 83.0 cm³/mol. The minimum absolute atomic E-state index is 0.207. The van der Waals surface area contributed by atoms with Gasteiger partial charge in [0.05, 0.1) is 0 Å². The van der Waals surface area contributed by atoms with Crippen LogP contribution < -0.4 is 0 Å². The predicted octanol–water partition coefficient (Wildman–Crippen LogP) is 4.07. The molecule has 2 aromatic carbocycles. The lowest BCUT2D eigenvalue weighted by molar-refractivity contribution is -0.139. The Hall–Kier alpha value is -2.35. The molecule has 0 aliphatic carbocycles. The maximum atomic E-state index is 12.0. The minimum atomic E-state index is -0.251. The molecule has 1 unspecified atom stereocenters. The van der Waals surface area contributed by atoms with Gasteiger partial charge in [-0.05, 0) is 31.1 Å².